The van der Waals surface area contributed by atoms with Gasteiger partial charge in [0.25, 0.3) is 5.91 Å². The van der Waals surface area contributed by atoms with Crippen LogP contribution >= 0.6 is 84.3 Å². The Labute approximate surface area is 231 Å². The molecule has 0 atom stereocenters. The zero-order valence-electron chi connectivity index (χ0n) is 16.5. The van der Waals surface area contributed by atoms with E-state index < -0.39 is 0 Å². The van der Waals surface area contributed by atoms with Gasteiger partial charge in [0.05, 0.1) is 26.0 Å². The number of halogens is 5. The fourth-order valence-corrected chi connectivity index (χ4v) is 5.62. The summed E-state index contributed by atoms with van der Waals surface area (Å²) in [7, 11) is 1.51. The monoisotopic (exact) mass is 758 g/mol. The molecular weight excluding hydrogens is 745 g/mol. The molecule has 3 aromatic rings. The number of carbonyl (C=O) groups excluding carboxylic acids is 1. The third kappa shape index (κ3) is 6.72. The highest BCUT2D eigenvalue weighted by Crippen LogP contribution is 2.30. The van der Waals surface area contributed by atoms with Crippen LogP contribution in [0.1, 0.15) is 21.5 Å². The maximum atomic E-state index is 12.5. The molecule has 0 saturated heterocycles. The van der Waals surface area contributed by atoms with Crippen molar-refractivity contribution in [2.45, 2.75) is 6.61 Å². The lowest BCUT2D eigenvalue weighted by atomic mass is 10.2. The van der Waals surface area contributed by atoms with Crippen LogP contribution in [0.5, 0.6) is 11.5 Å². The van der Waals surface area contributed by atoms with Gasteiger partial charge in [-0.1, -0.05) is 45.2 Å². The normalized spacial score (nSPS) is 10.9. The minimum Gasteiger partial charge on any atom is -0.496 e. The van der Waals surface area contributed by atoms with E-state index in [1.807, 2.05) is 18.2 Å². The Morgan fingerprint density at radius 2 is 1.84 bits per heavy atom. The number of rotatable bonds is 7. The van der Waals surface area contributed by atoms with Gasteiger partial charge in [0.1, 0.15) is 18.1 Å². The van der Waals surface area contributed by atoms with Crippen LogP contribution in [0.25, 0.3) is 0 Å². The van der Waals surface area contributed by atoms with Crippen molar-refractivity contribution in [3.63, 3.8) is 0 Å². The zero-order valence-corrected chi connectivity index (χ0v) is 23.9. The Morgan fingerprint density at radius 1 is 1.12 bits per heavy atom. The van der Waals surface area contributed by atoms with Gasteiger partial charge in [-0.25, -0.2) is 5.43 Å². The molecule has 3 aromatic carbocycles. The number of hydrazone groups is 1. The van der Waals surface area contributed by atoms with Crippen LogP contribution in [0.3, 0.4) is 0 Å². The molecule has 0 aliphatic rings. The van der Waals surface area contributed by atoms with Gasteiger partial charge in [-0.15, -0.1) is 0 Å². The predicted molar refractivity (Wildman–Crippen MR) is 148 cm³/mol. The fraction of sp³-hybridized carbons (Fsp3) is 0.0909. The van der Waals surface area contributed by atoms with Crippen LogP contribution in [0.2, 0.25) is 10.0 Å². The average Bonchev–Trinajstić information content (AvgIpc) is 2.74. The quantitative estimate of drug-likeness (QED) is 0.156. The maximum absolute atomic E-state index is 12.5. The third-order valence-corrected chi connectivity index (χ3v) is 6.88. The van der Waals surface area contributed by atoms with Crippen molar-refractivity contribution in [1.82, 2.24) is 5.43 Å². The van der Waals surface area contributed by atoms with E-state index in [4.69, 9.17) is 32.7 Å². The van der Waals surface area contributed by atoms with E-state index in [1.165, 1.54) is 7.11 Å². The van der Waals surface area contributed by atoms with E-state index in [-0.39, 0.29) is 5.91 Å². The Balaban J connectivity index is 1.69. The summed E-state index contributed by atoms with van der Waals surface area (Å²) in [5.74, 6) is 0.841. The van der Waals surface area contributed by atoms with E-state index in [2.05, 4.69) is 71.6 Å². The number of benzene rings is 3. The first-order valence-electron chi connectivity index (χ1n) is 9.01. The molecule has 0 radical (unpaired) electrons. The van der Waals surface area contributed by atoms with Gasteiger partial charge in [-0.3, -0.25) is 4.79 Å². The van der Waals surface area contributed by atoms with Crippen LogP contribution in [0, 0.1) is 7.14 Å². The first kappa shape index (κ1) is 25.5. The van der Waals surface area contributed by atoms with E-state index >= 15 is 0 Å². The third-order valence-electron chi connectivity index (χ3n) is 4.19. The number of hydrogen-bond acceptors (Lipinski definition) is 4. The smallest absolute Gasteiger partial charge is 0.275 e. The lowest BCUT2D eigenvalue weighted by Crippen LogP contribution is -2.18. The van der Waals surface area contributed by atoms with Crippen LogP contribution in [0.4, 0.5) is 0 Å². The van der Waals surface area contributed by atoms with Crippen molar-refractivity contribution < 1.29 is 14.3 Å². The van der Waals surface area contributed by atoms with Gasteiger partial charge >= 0.3 is 0 Å². The number of carbonyl (C=O) groups is 1. The van der Waals surface area contributed by atoms with Crippen LogP contribution in [-0.2, 0) is 6.61 Å². The van der Waals surface area contributed by atoms with Gasteiger partial charge in [-0.05, 0) is 93.2 Å². The molecule has 0 aromatic heterocycles. The van der Waals surface area contributed by atoms with Gasteiger partial charge in [0.15, 0.2) is 0 Å². The molecule has 5 nitrogen and oxygen atoms in total. The summed E-state index contributed by atoms with van der Waals surface area (Å²) in [4.78, 5) is 12.5. The van der Waals surface area contributed by atoms with Gasteiger partial charge in [0, 0.05) is 20.1 Å². The SMILES string of the molecule is COc1ccc(Br)cc1C(=O)N/N=C\c1cc(I)c(OCc2ccc(Cl)cc2Cl)c(I)c1. The molecule has 10 heteroatoms. The number of nitrogens with zero attached hydrogens (tertiary/aromatic N) is 1. The van der Waals surface area contributed by atoms with Crippen LogP contribution < -0.4 is 14.9 Å². The second-order valence-electron chi connectivity index (χ2n) is 6.38. The number of nitrogens with one attached hydrogen (secondary N) is 1. The van der Waals surface area contributed by atoms with Crippen molar-refractivity contribution in [3.8, 4) is 11.5 Å². The Morgan fingerprint density at radius 3 is 2.50 bits per heavy atom. The Hall–Kier alpha value is -1.08. The summed E-state index contributed by atoms with van der Waals surface area (Å²) in [6.07, 6.45) is 1.58. The molecule has 0 fully saturated rings. The molecule has 0 saturated carbocycles. The lowest BCUT2D eigenvalue weighted by molar-refractivity contribution is 0.0952. The van der Waals surface area contributed by atoms with Gasteiger partial charge in [0.2, 0.25) is 0 Å². The second kappa shape index (κ2) is 11.9. The molecule has 166 valence electrons. The molecule has 1 amide bonds. The van der Waals surface area contributed by atoms with E-state index in [0.29, 0.717) is 28.0 Å². The summed E-state index contributed by atoms with van der Waals surface area (Å²) < 4.78 is 13.8. The van der Waals surface area contributed by atoms with E-state index in [1.54, 1.807) is 36.5 Å². The maximum Gasteiger partial charge on any atom is 0.275 e. The molecular formula is C22H15BrCl2I2N2O3. The highest BCUT2D eigenvalue weighted by atomic mass is 127. The molecule has 1 N–H and O–H groups in total. The Kier molecular flexibility index (Phi) is 9.47. The standard InChI is InChI=1S/C22H15BrCl2I2N2O3/c1-31-20-5-3-14(23)8-16(20)22(30)29-28-10-12-6-18(26)21(19(27)7-12)32-11-13-2-4-15(24)9-17(13)25/h2-10H,11H2,1H3,(H,29,30)/b28-10-. The van der Waals surface area contributed by atoms with Crippen LogP contribution in [0.15, 0.2) is 58.1 Å². The molecule has 0 heterocycles. The number of amides is 1. The molecule has 0 aliphatic heterocycles. The highest BCUT2D eigenvalue weighted by molar-refractivity contribution is 14.1. The number of ether oxygens (including phenoxy) is 2. The molecule has 0 aliphatic carbocycles. The average molecular weight is 760 g/mol. The van der Waals surface area contributed by atoms with E-state index in [9.17, 15) is 4.79 Å². The zero-order chi connectivity index (χ0) is 23.3. The predicted octanol–water partition coefficient (Wildman–Crippen LogP) is 7.32. The van der Waals surface area contributed by atoms with Crippen LogP contribution in [-0.4, -0.2) is 19.2 Å². The molecule has 0 unspecified atom stereocenters. The summed E-state index contributed by atoms with van der Waals surface area (Å²) in [5, 5.41) is 5.22. The highest BCUT2D eigenvalue weighted by Gasteiger charge is 2.13. The summed E-state index contributed by atoms with van der Waals surface area (Å²) in [5.41, 5.74) is 4.57. The fourth-order valence-electron chi connectivity index (χ4n) is 2.66. The first-order chi connectivity index (χ1) is 15.3. The number of hydrogen-bond donors (Lipinski definition) is 1. The minimum atomic E-state index is -0.372. The minimum absolute atomic E-state index is 0.319. The molecule has 0 spiro atoms. The molecule has 3 rings (SSSR count). The molecule has 0 bridgehead atoms. The number of methoxy groups -OCH3 is 1. The van der Waals surface area contributed by atoms with Gasteiger partial charge in [-0.2, -0.15) is 5.10 Å². The summed E-state index contributed by atoms with van der Waals surface area (Å²) in [6.45, 7) is 0.319. The van der Waals surface area contributed by atoms with E-state index in [0.717, 1.165) is 28.5 Å². The largest absolute Gasteiger partial charge is 0.496 e. The Bertz CT molecular complexity index is 1170. The second-order valence-corrected chi connectivity index (χ2v) is 10.5. The summed E-state index contributed by atoms with van der Waals surface area (Å²) in [6, 6.07) is 14.3. The van der Waals surface area contributed by atoms with Crippen molar-refractivity contribution >= 4 is 96.4 Å². The lowest BCUT2D eigenvalue weighted by Gasteiger charge is -2.12. The summed E-state index contributed by atoms with van der Waals surface area (Å²) >= 11 is 19.9. The van der Waals surface area contributed by atoms with Crippen molar-refractivity contribution in [3.05, 3.63) is 86.9 Å². The topological polar surface area (TPSA) is 59.9 Å². The molecule has 32 heavy (non-hydrogen) atoms. The van der Waals surface area contributed by atoms with Crippen molar-refractivity contribution in [1.29, 1.82) is 0 Å². The van der Waals surface area contributed by atoms with Crippen molar-refractivity contribution in [2.24, 2.45) is 5.10 Å². The first-order valence-corrected chi connectivity index (χ1v) is 12.7. The van der Waals surface area contributed by atoms with Gasteiger partial charge < -0.3 is 9.47 Å². The van der Waals surface area contributed by atoms with Crippen molar-refractivity contribution in [2.75, 3.05) is 7.11 Å².